The van der Waals surface area contributed by atoms with Crippen molar-refractivity contribution in [1.82, 2.24) is 4.98 Å². The Balaban J connectivity index is 1.98. The number of rotatable bonds is 3. The largest absolute Gasteiger partial charge is 0.391 e. The molecule has 78 valence electrons. The summed E-state index contributed by atoms with van der Waals surface area (Å²) in [6, 6.07) is 0. The Hall–Kier alpha value is -0.0600. The molecule has 0 aliphatic carbocycles. The van der Waals surface area contributed by atoms with E-state index in [9.17, 15) is 5.11 Å². The van der Waals surface area contributed by atoms with Crippen molar-refractivity contribution in [3.05, 3.63) is 16.6 Å². The van der Waals surface area contributed by atoms with E-state index in [1.54, 1.807) is 17.5 Å². The third-order valence-electron chi connectivity index (χ3n) is 2.81. The Bertz CT molecular complexity index is 280. The van der Waals surface area contributed by atoms with E-state index < -0.39 is 0 Å². The van der Waals surface area contributed by atoms with Crippen molar-refractivity contribution in [3.63, 3.8) is 0 Å². The third-order valence-corrected chi connectivity index (χ3v) is 5.24. The Morgan fingerprint density at radius 3 is 3.14 bits per heavy atom. The summed E-state index contributed by atoms with van der Waals surface area (Å²) in [6.45, 7) is 2.17. The first kappa shape index (κ1) is 10.5. The molecule has 4 heteroatoms. The zero-order chi connectivity index (χ0) is 10.0. The fraction of sp³-hybridized carbons (Fsp3) is 0.700. The highest BCUT2D eigenvalue weighted by atomic mass is 32.2. The van der Waals surface area contributed by atoms with Crippen molar-refractivity contribution in [1.29, 1.82) is 0 Å². The maximum absolute atomic E-state index is 10.1. The van der Waals surface area contributed by atoms with Crippen molar-refractivity contribution in [2.45, 2.75) is 37.0 Å². The summed E-state index contributed by atoms with van der Waals surface area (Å²) >= 11 is 3.53. The van der Waals surface area contributed by atoms with Crippen molar-refractivity contribution in [3.8, 4) is 0 Å². The summed E-state index contributed by atoms with van der Waals surface area (Å²) in [7, 11) is 0. The lowest BCUT2D eigenvalue weighted by Gasteiger charge is -2.28. The smallest absolute Gasteiger partial charge is 0.0951 e. The Morgan fingerprint density at radius 1 is 1.71 bits per heavy atom. The van der Waals surface area contributed by atoms with E-state index in [-0.39, 0.29) is 10.9 Å². The van der Waals surface area contributed by atoms with Gasteiger partial charge >= 0.3 is 0 Å². The molecule has 1 saturated heterocycles. The predicted octanol–water partition coefficient (Wildman–Crippen LogP) is 2.33. The number of aliphatic hydroxyl groups excluding tert-OH is 1. The molecule has 2 nitrogen and oxygen atoms in total. The molecule has 0 saturated carbocycles. The minimum absolute atomic E-state index is 0.0612. The Morgan fingerprint density at radius 2 is 2.57 bits per heavy atom. The third kappa shape index (κ3) is 2.12. The summed E-state index contributed by atoms with van der Waals surface area (Å²) < 4.78 is 0.0612. The number of hydrogen-bond donors (Lipinski definition) is 1. The van der Waals surface area contributed by atoms with Crippen LogP contribution in [0.2, 0.25) is 0 Å². The van der Waals surface area contributed by atoms with E-state index in [4.69, 9.17) is 0 Å². The summed E-state index contributed by atoms with van der Waals surface area (Å²) in [5.74, 6) is 1.19. The van der Waals surface area contributed by atoms with Crippen LogP contribution in [0.3, 0.4) is 0 Å². The molecule has 1 aliphatic rings. The minimum atomic E-state index is -0.249. The molecule has 0 radical (unpaired) electrons. The van der Waals surface area contributed by atoms with Crippen molar-refractivity contribution >= 4 is 23.1 Å². The van der Waals surface area contributed by atoms with Gasteiger partial charge in [-0.05, 0) is 25.5 Å². The lowest BCUT2D eigenvalue weighted by atomic mass is 9.96. The molecule has 1 aliphatic heterocycles. The molecule has 2 heterocycles. The summed E-state index contributed by atoms with van der Waals surface area (Å²) in [4.78, 5) is 4.21. The molecule has 2 unspecified atom stereocenters. The van der Waals surface area contributed by atoms with Crippen LogP contribution in [0.1, 0.15) is 24.8 Å². The zero-order valence-corrected chi connectivity index (χ0v) is 9.90. The first-order valence-electron chi connectivity index (χ1n) is 4.91. The quantitative estimate of drug-likeness (QED) is 0.863. The second-order valence-electron chi connectivity index (χ2n) is 3.91. The highest BCUT2D eigenvalue weighted by Crippen LogP contribution is 2.41. The van der Waals surface area contributed by atoms with Gasteiger partial charge in [-0.25, -0.2) is 4.98 Å². The molecule has 2 rings (SSSR count). The molecule has 1 N–H and O–H groups in total. The van der Waals surface area contributed by atoms with Crippen LogP contribution in [-0.4, -0.2) is 26.7 Å². The van der Waals surface area contributed by atoms with E-state index in [2.05, 4.69) is 11.9 Å². The van der Waals surface area contributed by atoms with Crippen LogP contribution in [0.15, 0.2) is 11.6 Å². The maximum atomic E-state index is 10.1. The average Bonchev–Trinajstić information content (AvgIpc) is 2.76. The normalized spacial score (nSPS) is 29.3. The van der Waals surface area contributed by atoms with Gasteiger partial charge in [0.15, 0.2) is 0 Å². The van der Waals surface area contributed by atoms with Gasteiger partial charge in [0.25, 0.3) is 0 Å². The fourth-order valence-electron chi connectivity index (χ4n) is 1.80. The van der Waals surface area contributed by atoms with Crippen LogP contribution < -0.4 is 0 Å². The van der Waals surface area contributed by atoms with Crippen LogP contribution in [-0.2, 0) is 6.42 Å². The van der Waals surface area contributed by atoms with Crippen LogP contribution in [0.4, 0.5) is 0 Å². The van der Waals surface area contributed by atoms with Crippen LogP contribution in [0.25, 0.3) is 0 Å². The Kier molecular flexibility index (Phi) is 3.14. The van der Waals surface area contributed by atoms with Crippen molar-refractivity contribution in [2.75, 3.05) is 5.75 Å². The van der Waals surface area contributed by atoms with Crippen LogP contribution in [0.5, 0.6) is 0 Å². The molecule has 1 aromatic heterocycles. The number of hydrogen-bond acceptors (Lipinski definition) is 4. The summed E-state index contributed by atoms with van der Waals surface area (Å²) in [5, 5.41) is 13.1. The molecule has 1 fully saturated rings. The lowest BCUT2D eigenvalue weighted by molar-refractivity contribution is 0.133. The molecule has 1 aromatic rings. The highest BCUT2D eigenvalue weighted by Gasteiger charge is 2.37. The first-order valence-corrected chi connectivity index (χ1v) is 6.78. The topological polar surface area (TPSA) is 33.1 Å². The maximum Gasteiger partial charge on any atom is 0.0951 e. The number of thiazole rings is 1. The number of nitrogens with zero attached hydrogens (tertiary/aromatic N) is 1. The number of thioether (sulfide) groups is 1. The first-order chi connectivity index (χ1) is 6.71. The second-order valence-corrected chi connectivity index (χ2v) is 6.52. The molecular weight excluding hydrogens is 214 g/mol. The minimum Gasteiger partial charge on any atom is -0.391 e. The van der Waals surface area contributed by atoms with Gasteiger partial charge in [0.2, 0.25) is 0 Å². The van der Waals surface area contributed by atoms with Crippen LogP contribution in [0, 0.1) is 0 Å². The van der Waals surface area contributed by atoms with E-state index in [0.717, 1.165) is 11.4 Å². The van der Waals surface area contributed by atoms with E-state index >= 15 is 0 Å². The molecule has 2 atom stereocenters. The van der Waals surface area contributed by atoms with Crippen molar-refractivity contribution < 1.29 is 5.11 Å². The number of aliphatic hydroxyl groups is 1. The van der Waals surface area contributed by atoms with Crippen molar-refractivity contribution in [2.24, 2.45) is 0 Å². The van der Waals surface area contributed by atoms with Gasteiger partial charge in [-0.15, -0.1) is 11.3 Å². The zero-order valence-electron chi connectivity index (χ0n) is 8.27. The SMILES string of the molecule is CC1(C(O)Cc2nccs2)CCCS1. The van der Waals surface area contributed by atoms with Gasteiger partial charge < -0.3 is 5.11 Å². The Labute approximate surface area is 92.8 Å². The van der Waals surface area contributed by atoms with E-state index in [0.29, 0.717) is 6.42 Å². The standard InChI is InChI=1S/C10H15NOS2/c1-10(3-2-5-14-10)8(12)7-9-11-4-6-13-9/h4,6,8,12H,2-3,5,7H2,1H3. The number of aromatic nitrogens is 1. The molecule has 14 heavy (non-hydrogen) atoms. The lowest BCUT2D eigenvalue weighted by Crippen LogP contribution is -2.35. The molecule has 0 aromatic carbocycles. The van der Waals surface area contributed by atoms with Gasteiger partial charge in [-0.2, -0.15) is 11.8 Å². The summed E-state index contributed by atoms with van der Waals surface area (Å²) in [6.07, 6.45) is 4.62. The summed E-state index contributed by atoms with van der Waals surface area (Å²) in [5.41, 5.74) is 0. The van der Waals surface area contributed by atoms with Gasteiger partial charge in [0.1, 0.15) is 0 Å². The van der Waals surface area contributed by atoms with Gasteiger partial charge in [0, 0.05) is 22.7 Å². The van der Waals surface area contributed by atoms with E-state index in [1.807, 2.05) is 17.1 Å². The monoisotopic (exact) mass is 229 g/mol. The average molecular weight is 229 g/mol. The molecule has 0 amide bonds. The molecular formula is C10H15NOS2. The van der Waals surface area contributed by atoms with Gasteiger partial charge in [0.05, 0.1) is 11.1 Å². The van der Waals surface area contributed by atoms with Gasteiger partial charge in [-0.3, -0.25) is 0 Å². The highest BCUT2D eigenvalue weighted by molar-refractivity contribution is 8.00. The predicted molar refractivity (Wildman–Crippen MR) is 61.9 cm³/mol. The molecule has 0 spiro atoms. The fourth-order valence-corrected chi connectivity index (χ4v) is 3.77. The second kappa shape index (κ2) is 4.21. The van der Waals surface area contributed by atoms with Crippen LogP contribution >= 0.6 is 23.1 Å². The molecule has 0 bridgehead atoms. The van der Waals surface area contributed by atoms with Gasteiger partial charge in [-0.1, -0.05) is 0 Å². The van der Waals surface area contributed by atoms with E-state index in [1.165, 1.54) is 12.2 Å².